The number of para-hydroxylation sites is 1. The van der Waals surface area contributed by atoms with E-state index in [0.717, 1.165) is 23.7 Å². The van der Waals surface area contributed by atoms with Crippen LogP contribution in [-0.4, -0.2) is 45.6 Å². The predicted molar refractivity (Wildman–Crippen MR) is 121 cm³/mol. The third-order valence-corrected chi connectivity index (χ3v) is 5.66. The molecule has 1 fully saturated rings. The number of amides is 2. The number of fused-ring (bicyclic) bond motifs is 3. The molecule has 0 unspecified atom stereocenters. The Labute approximate surface area is 201 Å². The number of hydrogen-bond acceptors (Lipinski definition) is 7. The number of aromatic nitrogens is 4. The second-order valence-corrected chi connectivity index (χ2v) is 8.25. The molecule has 1 aliphatic heterocycles. The average Bonchev–Trinajstić information content (AvgIpc) is 3.56. The Kier molecular flexibility index (Phi) is 4.52. The fraction of sp³-hybridized carbons (Fsp3) is 0.318. The van der Waals surface area contributed by atoms with E-state index in [4.69, 9.17) is 4.11 Å². The first kappa shape index (κ1) is 19.2. The number of hydrogen-bond donors (Lipinski definition) is 3. The van der Waals surface area contributed by atoms with Crippen molar-refractivity contribution in [2.24, 2.45) is 5.92 Å². The summed E-state index contributed by atoms with van der Waals surface area (Å²) in [5.74, 6) is -2.30. The van der Waals surface area contributed by atoms with E-state index in [-0.39, 0.29) is 41.3 Å². The normalized spacial score (nSPS) is 16.3. The van der Waals surface area contributed by atoms with E-state index in [9.17, 15) is 22.8 Å². The van der Waals surface area contributed by atoms with E-state index in [1.807, 2.05) is 5.32 Å². The fourth-order valence-electron chi connectivity index (χ4n) is 3.85. The Hall–Kier alpha value is -4.16. The van der Waals surface area contributed by atoms with Gasteiger partial charge in [0.05, 0.1) is 34.9 Å². The zero-order chi connectivity index (χ0) is 27.4. The largest absolute Gasteiger partial charge is 0.453 e. The van der Waals surface area contributed by atoms with Gasteiger partial charge in [0, 0.05) is 36.3 Å². The van der Waals surface area contributed by atoms with Gasteiger partial charge in [-0.25, -0.2) is 14.6 Å². The molecule has 0 saturated heterocycles. The topological polar surface area (TPSA) is 117 Å². The lowest BCUT2D eigenvalue weighted by Gasteiger charge is -2.30. The Morgan fingerprint density at radius 2 is 2.03 bits per heavy atom. The van der Waals surface area contributed by atoms with E-state index >= 15 is 0 Å². The van der Waals surface area contributed by atoms with Crippen molar-refractivity contribution in [3.8, 4) is 5.69 Å². The van der Waals surface area contributed by atoms with E-state index in [1.54, 1.807) is 30.1 Å². The number of nitrogens with zero attached hydrogens (tertiary/aromatic N) is 5. The molecule has 0 atom stereocenters. The minimum Gasteiger partial charge on any atom is -0.364 e. The summed E-state index contributed by atoms with van der Waals surface area (Å²) < 4.78 is 63.0. The van der Waals surface area contributed by atoms with Gasteiger partial charge < -0.3 is 20.9 Å². The Balaban J connectivity index is 1.55. The van der Waals surface area contributed by atoms with Crippen LogP contribution in [0.4, 0.5) is 36.1 Å². The zero-order valence-corrected chi connectivity index (χ0v) is 18.3. The molecule has 5 rings (SSSR count). The van der Waals surface area contributed by atoms with Crippen LogP contribution in [-0.2, 0) is 17.5 Å². The Morgan fingerprint density at radius 3 is 2.74 bits per heavy atom. The first-order valence-corrected chi connectivity index (χ1v) is 10.6. The van der Waals surface area contributed by atoms with Crippen molar-refractivity contribution in [3.05, 3.63) is 47.7 Å². The van der Waals surface area contributed by atoms with Crippen molar-refractivity contribution in [1.29, 1.82) is 0 Å². The zero-order valence-electron chi connectivity index (χ0n) is 21.3. The van der Waals surface area contributed by atoms with Crippen molar-refractivity contribution in [2.75, 3.05) is 29.6 Å². The summed E-state index contributed by atoms with van der Waals surface area (Å²) in [5, 5.41) is 11.3. The number of rotatable bonds is 5. The molecule has 0 spiro atoms. The van der Waals surface area contributed by atoms with Crippen LogP contribution in [0.3, 0.4) is 0 Å². The maximum atomic E-state index is 13.3. The van der Waals surface area contributed by atoms with Crippen LogP contribution in [0.1, 0.15) is 39.0 Å². The Morgan fingerprint density at radius 1 is 1.23 bits per heavy atom. The molecule has 3 aromatic rings. The number of anilines is 4. The number of carbonyl (C=O) groups excluding carboxylic acids is 2. The maximum absolute atomic E-state index is 13.3. The summed E-state index contributed by atoms with van der Waals surface area (Å²) >= 11 is 0. The molecule has 2 amide bonds. The molecule has 35 heavy (non-hydrogen) atoms. The number of halogens is 3. The average molecular weight is 489 g/mol. The van der Waals surface area contributed by atoms with Gasteiger partial charge in [0.25, 0.3) is 11.7 Å². The molecule has 1 aliphatic carbocycles. The SMILES string of the molecule is [2H]C([2H])([2H])NC(=O)c1cnc(NC(=O)C2CC2)cc1Nc1cccc2c1N(C)Cc1nc(C(F)(F)F)nn1-2. The molecular formula is C22H21F3N8O2. The molecule has 1 saturated carbocycles. The highest BCUT2D eigenvalue weighted by atomic mass is 19.4. The molecule has 182 valence electrons. The Bertz CT molecular complexity index is 1440. The van der Waals surface area contributed by atoms with Crippen LogP contribution in [0.25, 0.3) is 5.69 Å². The molecule has 10 nitrogen and oxygen atoms in total. The van der Waals surface area contributed by atoms with E-state index in [1.165, 1.54) is 6.07 Å². The van der Waals surface area contributed by atoms with Crippen molar-refractivity contribution in [2.45, 2.75) is 25.6 Å². The minimum atomic E-state index is -4.72. The van der Waals surface area contributed by atoms with Crippen molar-refractivity contribution >= 4 is 34.7 Å². The molecule has 0 bridgehead atoms. The number of benzene rings is 1. The summed E-state index contributed by atoms with van der Waals surface area (Å²) in [6.45, 7) is -2.75. The van der Waals surface area contributed by atoms with E-state index in [0.29, 0.717) is 17.1 Å². The number of carbonyl (C=O) groups is 2. The van der Waals surface area contributed by atoms with Crippen LogP contribution in [0.2, 0.25) is 0 Å². The smallest absolute Gasteiger partial charge is 0.364 e. The highest BCUT2D eigenvalue weighted by Crippen LogP contribution is 2.40. The first-order chi connectivity index (χ1) is 17.8. The third-order valence-electron chi connectivity index (χ3n) is 5.66. The van der Waals surface area contributed by atoms with Gasteiger partial charge in [0.2, 0.25) is 5.91 Å². The molecule has 2 aromatic heterocycles. The van der Waals surface area contributed by atoms with Crippen molar-refractivity contribution < 1.29 is 26.9 Å². The summed E-state index contributed by atoms with van der Waals surface area (Å²) in [5.41, 5.74) is 1.15. The number of pyridine rings is 1. The van der Waals surface area contributed by atoms with Crippen molar-refractivity contribution in [3.63, 3.8) is 0 Å². The number of nitrogens with one attached hydrogen (secondary N) is 3. The monoisotopic (exact) mass is 489 g/mol. The van der Waals surface area contributed by atoms with Gasteiger partial charge in [-0.3, -0.25) is 9.59 Å². The van der Waals surface area contributed by atoms with Gasteiger partial charge in [0.1, 0.15) is 5.82 Å². The lowest BCUT2D eigenvalue weighted by Crippen LogP contribution is -2.27. The second-order valence-electron chi connectivity index (χ2n) is 8.25. The third kappa shape index (κ3) is 4.24. The van der Waals surface area contributed by atoms with Gasteiger partial charge in [-0.2, -0.15) is 13.2 Å². The molecule has 0 radical (unpaired) electrons. The molecule has 1 aromatic carbocycles. The molecule has 2 aliphatic rings. The van der Waals surface area contributed by atoms with Gasteiger partial charge in [-0.1, -0.05) is 6.07 Å². The molecular weight excluding hydrogens is 465 g/mol. The van der Waals surface area contributed by atoms with Crippen LogP contribution >= 0.6 is 0 Å². The van der Waals surface area contributed by atoms with Gasteiger partial charge in [0.15, 0.2) is 5.82 Å². The minimum absolute atomic E-state index is 0.0141. The standard InChI is InChI=1S/C22H21F3N8O2/c1-26-20(35)12-9-27-16(29-19(34)11-6-7-11)8-14(12)28-13-4-3-5-15-18(13)32(2)10-17-30-21(22(23,24)25)31-33(15)17/h3-5,8-9,11H,6-7,10H2,1-2H3,(H,26,35)(H2,27,28,29,34)/i1D3. The highest BCUT2D eigenvalue weighted by Gasteiger charge is 2.39. The van der Waals surface area contributed by atoms with Crippen LogP contribution < -0.4 is 20.9 Å². The quantitative estimate of drug-likeness (QED) is 0.504. The van der Waals surface area contributed by atoms with Gasteiger partial charge >= 0.3 is 6.18 Å². The highest BCUT2D eigenvalue weighted by molar-refractivity contribution is 6.02. The second kappa shape index (κ2) is 8.25. The van der Waals surface area contributed by atoms with Crippen LogP contribution in [0.15, 0.2) is 30.5 Å². The lowest BCUT2D eigenvalue weighted by atomic mass is 10.1. The van der Waals surface area contributed by atoms with Crippen molar-refractivity contribution in [1.82, 2.24) is 25.1 Å². The van der Waals surface area contributed by atoms with E-state index < -0.39 is 24.9 Å². The summed E-state index contributed by atoms with van der Waals surface area (Å²) in [7, 11) is 1.66. The number of alkyl halides is 3. The molecule has 3 heterocycles. The maximum Gasteiger partial charge on any atom is 0.453 e. The summed E-state index contributed by atoms with van der Waals surface area (Å²) in [6.07, 6.45) is -2.06. The lowest BCUT2D eigenvalue weighted by molar-refractivity contribution is -0.144. The molecule has 13 heteroatoms. The summed E-state index contributed by atoms with van der Waals surface area (Å²) in [6, 6.07) is 6.18. The van der Waals surface area contributed by atoms with Gasteiger partial charge in [-0.05, 0) is 25.0 Å². The van der Waals surface area contributed by atoms with Crippen LogP contribution in [0, 0.1) is 5.92 Å². The van der Waals surface area contributed by atoms with E-state index in [2.05, 4.69) is 25.7 Å². The van der Waals surface area contributed by atoms with Gasteiger partial charge in [-0.15, -0.1) is 5.10 Å². The summed E-state index contributed by atoms with van der Waals surface area (Å²) in [4.78, 5) is 34.4. The van der Waals surface area contributed by atoms with Crippen LogP contribution in [0.5, 0.6) is 0 Å². The fourth-order valence-corrected chi connectivity index (χ4v) is 3.85. The predicted octanol–water partition coefficient (Wildman–Crippen LogP) is 3.08. The molecule has 3 N–H and O–H groups in total. The first-order valence-electron chi connectivity index (χ1n) is 12.1.